The zero-order valence-corrected chi connectivity index (χ0v) is 27.4. The van der Waals surface area contributed by atoms with Crippen LogP contribution in [0.3, 0.4) is 0 Å². The van der Waals surface area contributed by atoms with Gasteiger partial charge in [0.25, 0.3) is 0 Å². The van der Waals surface area contributed by atoms with Gasteiger partial charge in [-0.25, -0.2) is 4.79 Å². The van der Waals surface area contributed by atoms with Crippen molar-refractivity contribution in [1.82, 2.24) is 14.7 Å². The normalized spacial score (nSPS) is 17.5. The Morgan fingerprint density at radius 1 is 0.935 bits per heavy atom. The van der Waals surface area contributed by atoms with Crippen molar-refractivity contribution in [3.63, 3.8) is 0 Å². The molecule has 4 rings (SSSR count). The van der Waals surface area contributed by atoms with E-state index in [2.05, 4.69) is 0 Å². The van der Waals surface area contributed by atoms with Gasteiger partial charge in [-0.2, -0.15) is 0 Å². The molecule has 0 unspecified atom stereocenters. The molecule has 0 N–H and O–H groups in total. The van der Waals surface area contributed by atoms with E-state index in [-0.39, 0.29) is 32.0 Å². The van der Waals surface area contributed by atoms with Crippen LogP contribution in [-0.4, -0.2) is 103 Å². The van der Waals surface area contributed by atoms with E-state index in [1.165, 1.54) is 31.0 Å². The first-order chi connectivity index (χ1) is 21.8. The number of ether oxygens (including phenoxy) is 3. The number of benzene rings is 2. The van der Waals surface area contributed by atoms with E-state index >= 15 is 0 Å². The fourth-order valence-electron chi connectivity index (χ4n) is 5.89. The second kappa shape index (κ2) is 14.6. The molecule has 11 nitrogen and oxygen atoms in total. The molecule has 0 aromatic heterocycles. The quantitative estimate of drug-likeness (QED) is 0.229. The van der Waals surface area contributed by atoms with Crippen LogP contribution < -0.4 is 0 Å². The third-order valence-electron chi connectivity index (χ3n) is 8.13. The first-order valence-corrected chi connectivity index (χ1v) is 15.4. The molecule has 2 atom stereocenters. The van der Waals surface area contributed by atoms with E-state index in [9.17, 15) is 24.0 Å². The average molecular weight is 634 g/mol. The Morgan fingerprint density at radius 2 is 1.54 bits per heavy atom. The highest BCUT2D eigenvalue weighted by Gasteiger charge is 2.40. The van der Waals surface area contributed by atoms with E-state index in [1.54, 1.807) is 20.8 Å². The molecular formula is C35H43N3O8. The van der Waals surface area contributed by atoms with E-state index in [0.29, 0.717) is 6.42 Å². The predicted octanol–water partition coefficient (Wildman–Crippen LogP) is 4.15. The van der Waals surface area contributed by atoms with Crippen molar-refractivity contribution >= 4 is 29.8 Å². The lowest BCUT2D eigenvalue weighted by molar-refractivity contribution is -0.160. The van der Waals surface area contributed by atoms with E-state index < -0.39 is 54.0 Å². The summed E-state index contributed by atoms with van der Waals surface area (Å²) in [6.07, 6.45) is 3.18. The Bertz CT molecular complexity index is 1450. The van der Waals surface area contributed by atoms with Crippen molar-refractivity contribution in [3.8, 4) is 11.1 Å². The molecule has 0 saturated carbocycles. The van der Waals surface area contributed by atoms with Gasteiger partial charge >= 0.3 is 18.0 Å². The molecule has 2 aromatic carbocycles. The van der Waals surface area contributed by atoms with Crippen LogP contribution in [0.25, 0.3) is 11.1 Å². The lowest BCUT2D eigenvalue weighted by Gasteiger charge is -2.37. The minimum atomic E-state index is -1.27. The maximum Gasteiger partial charge on any atom is 0.410 e. The molecule has 0 saturated heterocycles. The fourth-order valence-corrected chi connectivity index (χ4v) is 5.89. The van der Waals surface area contributed by atoms with Crippen molar-refractivity contribution in [2.75, 3.05) is 40.9 Å². The van der Waals surface area contributed by atoms with Crippen LogP contribution in [0.15, 0.2) is 60.7 Å². The standard InChI is InChI=1S/C35H43N3O8/c1-35(2,3)46-31(40)21-36(4)32(41)29(20-30(39)44-6)38-19-13-7-8-18-28(33(38)42)37(5)34(43)45-22-27-25-16-11-9-14-23(25)24-15-10-12-17-26(24)27/h7-12,14-17,27-29H,13,18-22H2,1-6H3/b8-7-/t28-,29-/m0/s1. The summed E-state index contributed by atoms with van der Waals surface area (Å²) in [6.45, 7) is 4.96. The van der Waals surface area contributed by atoms with Gasteiger partial charge in [-0.05, 0) is 55.9 Å². The van der Waals surface area contributed by atoms with Gasteiger partial charge in [-0.3, -0.25) is 24.1 Å². The molecule has 3 amide bonds. The number of hydrogen-bond acceptors (Lipinski definition) is 8. The minimum absolute atomic E-state index is 0.0799. The lowest BCUT2D eigenvalue weighted by Crippen LogP contribution is -2.57. The number of amides is 3. The molecular weight excluding hydrogens is 590 g/mol. The SMILES string of the molecule is COC(=O)C[C@@H](C(=O)N(C)CC(=O)OC(C)(C)C)N1CC/C=C\C[C@H](N(C)C(=O)OCC2c3ccccc3-c3ccccc32)C1=O. The summed E-state index contributed by atoms with van der Waals surface area (Å²) in [4.78, 5) is 69.8. The van der Waals surface area contributed by atoms with Crippen LogP contribution in [0, 0.1) is 0 Å². The van der Waals surface area contributed by atoms with E-state index in [0.717, 1.165) is 27.2 Å². The summed E-state index contributed by atoms with van der Waals surface area (Å²) >= 11 is 0. The van der Waals surface area contributed by atoms with Crippen LogP contribution in [0.4, 0.5) is 4.79 Å². The van der Waals surface area contributed by atoms with Crippen molar-refractivity contribution in [1.29, 1.82) is 0 Å². The molecule has 1 aliphatic heterocycles. The Morgan fingerprint density at radius 3 is 2.13 bits per heavy atom. The summed E-state index contributed by atoms with van der Waals surface area (Å²) < 4.78 is 16.0. The first kappa shape index (κ1) is 34.2. The third-order valence-corrected chi connectivity index (χ3v) is 8.13. The number of hydrogen-bond donors (Lipinski definition) is 0. The number of fused-ring (bicyclic) bond motifs is 3. The summed E-state index contributed by atoms with van der Waals surface area (Å²) in [5, 5.41) is 0. The summed E-state index contributed by atoms with van der Waals surface area (Å²) in [7, 11) is 4.09. The topological polar surface area (TPSA) is 123 Å². The van der Waals surface area contributed by atoms with Gasteiger partial charge in [-0.1, -0.05) is 60.7 Å². The number of esters is 2. The number of carbonyl (C=O) groups excluding carboxylic acids is 5. The van der Waals surface area contributed by atoms with Crippen LogP contribution in [0.1, 0.15) is 57.1 Å². The first-order valence-electron chi connectivity index (χ1n) is 15.4. The number of carbonyl (C=O) groups is 5. The third kappa shape index (κ3) is 7.94. The Kier molecular flexibility index (Phi) is 10.9. The molecule has 0 spiro atoms. The van der Waals surface area contributed by atoms with Crippen LogP contribution in [0.2, 0.25) is 0 Å². The smallest absolute Gasteiger partial charge is 0.410 e. The Hall–Kier alpha value is -4.67. The second-order valence-electron chi connectivity index (χ2n) is 12.5. The molecule has 46 heavy (non-hydrogen) atoms. The predicted molar refractivity (Wildman–Crippen MR) is 171 cm³/mol. The summed E-state index contributed by atoms with van der Waals surface area (Å²) in [6, 6.07) is 13.7. The summed E-state index contributed by atoms with van der Waals surface area (Å²) in [5.74, 6) is -2.63. The number of methoxy groups -OCH3 is 1. The maximum atomic E-state index is 14.1. The van der Waals surface area contributed by atoms with E-state index in [4.69, 9.17) is 14.2 Å². The number of likely N-dealkylation sites (N-methyl/N-ethyl adjacent to an activating group) is 2. The zero-order valence-electron chi connectivity index (χ0n) is 27.4. The lowest BCUT2D eigenvalue weighted by atomic mass is 9.98. The van der Waals surface area contributed by atoms with Crippen molar-refractivity contribution in [2.24, 2.45) is 0 Å². The highest BCUT2D eigenvalue weighted by molar-refractivity contribution is 5.94. The number of nitrogens with zero attached hydrogens (tertiary/aromatic N) is 3. The molecule has 0 fully saturated rings. The molecule has 246 valence electrons. The minimum Gasteiger partial charge on any atom is -0.469 e. The fraction of sp³-hybridized carbons (Fsp3) is 0.457. The maximum absolute atomic E-state index is 14.1. The van der Waals surface area contributed by atoms with E-state index in [1.807, 2.05) is 60.7 Å². The molecule has 2 aromatic rings. The van der Waals surface area contributed by atoms with Gasteiger partial charge in [0.2, 0.25) is 11.8 Å². The summed E-state index contributed by atoms with van der Waals surface area (Å²) in [5.41, 5.74) is 3.57. The molecule has 11 heteroatoms. The molecule has 1 aliphatic carbocycles. The largest absolute Gasteiger partial charge is 0.469 e. The van der Waals surface area contributed by atoms with Gasteiger partial charge in [0.15, 0.2) is 0 Å². The average Bonchev–Trinajstić information content (AvgIpc) is 3.33. The van der Waals surface area contributed by atoms with Gasteiger partial charge in [0, 0.05) is 26.6 Å². The van der Waals surface area contributed by atoms with Gasteiger partial charge < -0.3 is 24.0 Å². The highest BCUT2D eigenvalue weighted by atomic mass is 16.6. The van der Waals surface area contributed by atoms with Crippen molar-refractivity contribution in [2.45, 2.75) is 63.6 Å². The zero-order chi connectivity index (χ0) is 33.6. The molecule has 1 heterocycles. The molecule has 0 bridgehead atoms. The highest BCUT2D eigenvalue weighted by Crippen LogP contribution is 2.44. The van der Waals surface area contributed by atoms with Gasteiger partial charge in [-0.15, -0.1) is 0 Å². The Labute approximate surface area is 270 Å². The second-order valence-corrected chi connectivity index (χ2v) is 12.5. The van der Waals surface area contributed by atoms with Gasteiger partial charge in [0.1, 0.15) is 30.8 Å². The van der Waals surface area contributed by atoms with Crippen molar-refractivity contribution in [3.05, 3.63) is 71.8 Å². The van der Waals surface area contributed by atoms with Crippen LogP contribution in [-0.2, 0) is 33.4 Å². The van der Waals surface area contributed by atoms with Crippen molar-refractivity contribution < 1.29 is 38.2 Å². The Balaban J connectivity index is 1.52. The molecule has 0 radical (unpaired) electrons. The van der Waals surface area contributed by atoms with Crippen LogP contribution in [0.5, 0.6) is 0 Å². The van der Waals surface area contributed by atoms with Gasteiger partial charge in [0.05, 0.1) is 13.5 Å². The monoisotopic (exact) mass is 633 g/mol. The number of rotatable bonds is 9. The molecule has 2 aliphatic rings. The van der Waals surface area contributed by atoms with Crippen LogP contribution >= 0.6 is 0 Å².